The number of nitrogens with two attached hydrogens (primary N) is 1. The molecule has 3 N–H and O–H groups in total. The van der Waals surface area contributed by atoms with Crippen molar-refractivity contribution in [2.75, 3.05) is 0 Å². The van der Waals surface area contributed by atoms with Crippen LogP contribution in [-0.2, 0) is 6.42 Å². The molecule has 2 saturated carbocycles. The molecule has 1 aromatic heterocycles. The van der Waals surface area contributed by atoms with E-state index in [1.165, 1.54) is 0 Å². The number of nitrogens with zero attached hydrogens (tertiary/aromatic N) is 1. The Bertz CT molecular complexity index is 498. The summed E-state index contributed by atoms with van der Waals surface area (Å²) in [5, 5.41) is 0. The zero-order valence-corrected chi connectivity index (χ0v) is 10.3. The van der Waals surface area contributed by atoms with Crippen LogP contribution in [0.5, 0.6) is 0 Å². The maximum Gasteiger partial charge on any atom is 0.254 e. The van der Waals surface area contributed by atoms with Crippen molar-refractivity contribution >= 4 is 0 Å². The van der Waals surface area contributed by atoms with E-state index in [1.807, 2.05) is 6.92 Å². The summed E-state index contributed by atoms with van der Waals surface area (Å²) in [5.41, 5.74) is 7.82. The van der Waals surface area contributed by atoms with Gasteiger partial charge in [-0.15, -0.1) is 0 Å². The highest BCUT2D eigenvalue weighted by atomic mass is 16.1. The quantitative estimate of drug-likeness (QED) is 0.825. The van der Waals surface area contributed by atoms with Crippen molar-refractivity contribution in [1.82, 2.24) is 9.97 Å². The summed E-state index contributed by atoms with van der Waals surface area (Å²) in [6.07, 6.45) is 6.17. The van der Waals surface area contributed by atoms with Gasteiger partial charge in [0.15, 0.2) is 0 Å². The van der Waals surface area contributed by atoms with E-state index in [2.05, 4.69) is 9.97 Å². The third-order valence-electron chi connectivity index (χ3n) is 3.97. The zero-order valence-electron chi connectivity index (χ0n) is 10.3. The molecule has 17 heavy (non-hydrogen) atoms. The molecule has 0 radical (unpaired) electrons. The molecule has 0 spiro atoms. The zero-order chi connectivity index (χ0) is 12.0. The van der Waals surface area contributed by atoms with Gasteiger partial charge in [0.1, 0.15) is 5.82 Å². The molecule has 2 aliphatic carbocycles. The van der Waals surface area contributed by atoms with E-state index in [1.54, 1.807) is 0 Å². The van der Waals surface area contributed by atoms with Gasteiger partial charge in [-0.25, -0.2) is 4.98 Å². The SMILES string of the molecule is Cc1nc(C2CC2)[nH]c(=O)c1CCC1(N)CC1. The minimum Gasteiger partial charge on any atom is -0.325 e. The van der Waals surface area contributed by atoms with Crippen molar-refractivity contribution in [3.05, 3.63) is 27.4 Å². The van der Waals surface area contributed by atoms with E-state index in [4.69, 9.17) is 5.73 Å². The molecule has 4 nitrogen and oxygen atoms in total. The molecule has 0 unspecified atom stereocenters. The summed E-state index contributed by atoms with van der Waals surface area (Å²) < 4.78 is 0. The Morgan fingerprint density at radius 3 is 2.71 bits per heavy atom. The number of hydrogen-bond acceptors (Lipinski definition) is 3. The Balaban J connectivity index is 1.80. The monoisotopic (exact) mass is 233 g/mol. The molecular formula is C13H19N3O. The van der Waals surface area contributed by atoms with Crippen molar-refractivity contribution in [3.8, 4) is 0 Å². The van der Waals surface area contributed by atoms with Crippen LogP contribution in [0.25, 0.3) is 0 Å². The highest BCUT2D eigenvalue weighted by molar-refractivity contribution is 5.20. The summed E-state index contributed by atoms with van der Waals surface area (Å²) in [5.74, 6) is 1.38. The van der Waals surface area contributed by atoms with Crippen LogP contribution in [0.4, 0.5) is 0 Å². The van der Waals surface area contributed by atoms with Gasteiger partial charge in [0.2, 0.25) is 0 Å². The maximum atomic E-state index is 12.0. The summed E-state index contributed by atoms with van der Waals surface area (Å²) in [7, 11) is 0. The lowest BCUT2D eigenvalue weighted by Crippen LogP contribution is -2.25. The first-order chi connectivity index (χ1) is 8.07. The van der Waals surface area contributed by atoms with Crippen LogP contribution >= 0.6 is 0 Å². The molecule has 0 aliphatic heterocycles. The molecule has 0 atom stereocenters. The number of rotatable bonds is 4. The smallest absolute Gasteiger partial charge is 0.254 e. The van der Waals surface area contributed by atoms with Crippen LogP contribution in [0.15, 0.2) is 4.79 Å². The van der Waals surface area contributed by atoms with Gasteiger partial charge in [-0.1, -0.05) is 0 Å². The molecule has 1 aromatic rings. The van der Waals surface area contributed by atoms with Gasteiger partial charge in [0.25, 0.3) is 5.56 Å². The third-order valence-corrected chi connectivity index (χ3v) is 3.97. The second kappa shape index (κ2) is 3.67. The normalized spacial score (nSPS) is 21.5. The third kappa shape index (κ3) is 2.27. The number of aryl methyl sites for hydroxylation is 1. The van der Waals surface area contributed by atoms with Crippen molar-refractivity contribution in [3.63, 3.8) is 0 Å². The molecule has 92 valence electrons. The van der Waals surface area contributed by atoms with Crippen LogP contribution in [-0.4, -0.2) is 15.5 Å². The molecular weight excluding hydrogens is 214 g/mol. The summed E-state index contributed by atoms with van der Waals surface area (Å²) in [6.45, 7) is 1.94. The summed E-state index contributed by atoms with van der Waals surface area (Å²) in [6, 6.07) is 0. The van der Waals surface area contributed by atoms with E-state index < -0.39 is 0 Å². The lowest BCUT2D eigenvalue weighted by Gasteiger charge is -2.10. The average molecular weight is 233 g/mol. The second-order valence-corrected chi connectivity index (χ2v) is 5.65. The highest BCUT2D eigenvalue weighted by Gasteiger charge is 2.37. The Morgan fingerprint density at radius 1 is 1.47 bits per heavy atom. The second-order valence-electron chi connectivity index (χ2n) is 5.65. The first kappa shape index (κ1) is 11.0. The Hall–Kier alpha value is -1.16. The van der Waals surface area contributed by atoms with Crippen molar-refractivity contribution < 1.29 is 0 Å². The van der Waals surface area contributed by atoms with Gasteiger partial charge < -0.3 is 10.7 Å². The number of hydrogen-bond donors (Lipinski definition) is 2. The molecule has 0 bridgehead atoms. The van der Waals surface area contributed by atoms with E-state index in [9.17, 15) is 4.79 Å². The highest BCUT2D eigenvalue weighted by Crippen LogP contribution is 2.38. The molecule has 1 heterocycles. The molecule has 3 rings (SSSR count). The van der Waals surface area contributed by atoms with Gasteiger partial charge in [-0.05, 0) is 45.4 Å². The van der Waals surface area contributed by atoms with Crippen LogP contribution in [0.1, 0.15) is 55.1 Å². The Kier molecular flexibility index (Phi) is 2.36. The van der Waals surface area contributed by atoms with Gasteiger partial charge in [-0.3, -0.25) is 4.79 Å². The van der Waals surface area contributed by atoms with Gasteiger partial charge in [-0.2, -0.15) is 0 Å². The van der Waals surface area contributed by atoms with Gasteiger partial charge in [0.05, 0.1) is 0 Å². The van der Waals surface area contributed by atoms with Crippen LogP contribution in [0.3, 0.4) is 0 Å². The van der Waals surface area contributed by atoms with Crippen molar-refractivity contribution in [2.45, 2.75) is 56.9 Å². The lowest BCUT2D eigenvalue weighted by molar-refractivity contribution is 0.603. The minimum atomic E-state index is 0.00798. The Morgan fingerprint density at radius 2 is 2.18 bits per heavy atom. The molecule has 0 aromatic carbocycles. The van der Waals surface area contributed by atoms with Crippen molar-refractivity contribution in [1.29, 1.82) is 0 Å². The minimum absolute atomic E-state index is 0.00798. The number of aromatic amines is 1. The van der Waals surface area contributed by atoms with E-state index in [0.29, 0.717) is 5.92 Å². The van der Waals surface area contributed by atoms with Crippen LogP contribution in [0.2, 0.25) is 0 Å². The standard InChI is InChI=1S/C13H19N3O/c1-8-10(4-5-13(14)6-7-13)12(17)16-11(15-8)9-2-3-9/h9H,2-7,14H2,1H3,(H,15,16,17). The van der Waals surface area contributed by atoms with Crippen molar-refractivity contribution in [2.24, 2.45) is 5.73 Å². The van der Waals surface area contributed by atoms with Gasteiger partial charge >= 0.3 is 0 Å². The molecule has 0 amide bonds. The molecule has 2 aliphatic rings. The first-order valence-corrected chi connectivity index (χ1v) is 6.46. The summed E-state index contributed by atoms with van der Waals surface area (Å²) in [4.78, 5) is 19.4. The maximum absolute atomic E-state index is 12.0. The fourth-order valence-corrected chi connectivity index (χ4v) is 2.26. The first-order valence-electron chi connectivity index (χ1n) is 6.46. The molecule has 0 saturated heterocycles. The number of H-pyrrole nitrogens is 1. The molecule has 2 fully saturated rings. The topological polar surface area (TPSA) is 71.8 Å². The fraction of sp³-hybridized carbons (Fsp3) is 0.692. The lowest BCUT2D eigenvalue weighted by atomic mass is 10.0. The van der Waals surface area contributed by atoms with E-state index >= 15 is 0 Å². The number of nitrogens with one attached hydrogen (secondary N) is 1. The fourth-order valence-electron chi connectivity index (χ4n) is 2.26. The summed E-state index contributed by atoms with van der Waals surface area (Å²) >= 11 is 0. The average Bonchev–Trinajstić information content (AvgIpc) is 3.12. The van der Waals surface area contributed by atoms with E-state index in [-0.39, 0.29) is 11.1 Å². The van der Waals surface area contributed by atoms with Crippen LogP contribution in [0, 0.1) is 6.92 Å². The van der Waals surface area contributed by atoms with Gasteiger partial charge in [0, 0.05) is 22.7 Å². The predicted molar refractivity (Wildman–Crippen MR) is 66.0 cm³/mol. The number of aromatic nitrogens is 2. The largest absolute Gasteiger partial charge is 0.325 e. The van der Waals surface area contributed by atoms with Crippen LogP contribution < -0.4 is 11.3 Å². The predicted octanol–water partition coefficient (Wildman–Crippen LogP) is 1.38. The van der Waals surface area contributed by atoms with E-state index in [0.717, 1.165) is 55.6 Å². The molecule has 4 heteroatoms. The Labute approximate surface area is 101 Å².